The van der Waals surface area contributed by atoms with Crippen LogP contribution < -0.4 is 4.74 Å². The van der Waals surface area contributed by atoms with Crippen LogP contribution in [0.2, 0.25) is 10.0 Å². The van der Waals surface area contributed by atoms with Gasteiger partial charge in [-0.3, -0.25) is 4.79 Å². The number of hydrogen-bond donors (Lipinski definition) is 0. The van der Waals surface area contributed by atoms with E-state index in [-0.39, 0.29) is 24.4 Å². The van der Waals surface area contributed by atoms with Crippen LogP contribution in [0.15, 0.2) is 36.4 Å². The summed E-state index contributed by atoms with van der Waals surface area (Å²) in [4.78, 5) is 17.8. The van der Waals surface area contributed by atoms with Gasteiger partial charge in [-0.05, 0) is 73.3 Å². The van der Waals surface area contributed by atoms with Crippen LogP contribution in [-0.4, -0.2) is 49.0 Å². The zero-order chi connectivity index (χ0) is 20.4. The predicted molar refractivity (Wildman–Crippen MR) is 124 cm³/mol. The van der Waals surface area contributed by atoms with Gasteiger partial charge in [-0.2, -0.15) is 0 Å². The number of rotatable bonds is 5. The van der Waals surface area contributed by atoms with Crippen LogP contribution in [0.1, 0.15) is 35.6 Å². The maximum absolute atomic E-state index is 13.3. The highest BCUT2D eigenvalue weighted by atomic mass is 35.5. The van der Waals surface area contributed by atoms with Crippen molar-refractivity contribution < 1.29 is 9.53 Å². The molecule has 1 atom stereocenters. The average molecular weight is 470 g/mol. The van der Waals surface area contributed by atoms with Crippen LogP contribution in [0.5, 0.6) is 5.75 Å². The molecular formula is C23H27Cl3N2O2. The minimum atomic E-state index is 0. The standard InChI is InChI=1S/C23H26Cl2N2O2.ClH/c1-29-18-5-6-19-17(14-18)8-11-27(22(19)15-26-9-2-3-10-26)23(28)13-16-4-7-20(24)21(25)12-16;/h4-7,12,14,22H,2-3,8-11,13,15H2,1H3;1H. The molecule has 0 saturated carbocycles. The van der Waals surface area contributed by atoms with Crippen molar-refractivity contribution in [2.45, 2.75) is 31.7 Å². The molecule has 1 fully saturated rings. The highest BCUT2D eigenvalue weighted by Crippen LogP contribution is 2.34. The Morgan fingerprint density at radius 2 is 1.83 bits per heavy atom. The van der Waals surface area contributed by atoms with E-state index in [0.717, 1.165) is 43.9 Å². The molecule has 2 aromatic rings. The molecule has 4 rings (SSSR count). The molecule has 0 N–H and O–H groups in total. The summed E-state index contributed by atoms with van der Waals surface area (Å²) in [6.45, 7) is 3.82. The first-order valence-corrected chi connectivity index (χ1v) is 10.9. The number of fused-ring (bicyclic) bond motifs is 1. The zero-order valence-corrected chi connectivity index (χ0v) is 19.4. The lowest BCUT2D eigenvalue weighted by Crippen LogP contribution is -2.45. The Bertz CT molecular complexity index is 900. The van der Waals surface area contributed by atoms with Crippen molar-refractivity contribution in [2.75, 3.05) is 33.3 Å². The van der Waals surface area contributed by atoms with Crippen LogP contribution in [0, 0.1) is 0 Å². The second-order valence-corrected chi connectivity index (χ2v) is 8.67. The zero-order valence-electron chi connectivity index (χ0n) is 17.1. The van der Waals surface area contributed by atoms with Crippen molar-refractivity contribution in [3.05, 3.63) is 63.1 Å². The molecule has 2 aromatic carbocycles. The minimum Gasteiger partial charge on any atom is -0.497 e. The van der Waals surface area contributed by atoms with Crippen LogP contribution in [-0.2, 0) is 17.6 Å². The summed E-state index contributed by atoms with van der Waals surface area (Å²) in [5.41, 5.74) is 3.42. The van der Waals surface area contributed by atoms with E-state index in [1.165, 1.54) is 24.0 Å². The molecule has 2 aliphatic rings. The van der Waals surface area contributed by atoms with Crippen molar-refractivity contribution in [1.82, 2.24) is 9.80 Å². The SMILES string of the molecule is COc1ccc2c(c1)CCN(C(=O)Cc1ccc(Cl)c(Cl)c1)C2CN1CCCC1.Cl. The Labute approximate surface area is 194 Å². The lowest BCUT2D eigenvalue weighted by molar-refractivity contribution is -0.133. The van der Waals surface area contributed by atoms with Crippen molar-refractivity contribution >= 4 is 41.5 Å². The summed E-state index contributed by atoms with van der Waals surface area (Å²) in [6, 6.07) is 11.7. The first-order valence-electron chi connectivity index (χ1n) is 10.2. The number of amides is 1. The van der Waals surface area contributed by atoms with Crippen LogP contribution >= 0.6 is 35.6 Å². The predicted octanol–water partition coefficient (Wildman–Crippen LogP) is 5.19. The molecule has 4 nitrogen and oxygen atoms in total. The Hall–Kier alpha value is -1.46. The third-order valence-electron chi connectivity index (χ3n) is 6.00. The van der Waals surface area contributed by atoms with E-state index >= 15 is 0 Å². The summed E-state index contributed by atoms with van der Waals surface area (Å²) in [5, 5.41) is 0.997. The van der Waals surface area contributed by atoms with Gasteiger partial charge < -0.3 is 14.5 Å². The van der Waals surface area contributed by atoms with Gasteiger partial charge in [0.1, 0.15) is 5.75 Å². The second-order valence-electron chi connectivity index (χ2n) is 7.85. The van der Waals surface area contributed by atoms with E-state index < -0.39 is 0 Å². The highest BCUT2D eigenvalue weighted by molar-refractivity contribution is 6.42. The van der Waals surface area contributed by atoms with E-state index in [9.17, 15) is 4.79 Å². The van der Waals surface area contributed by atoms with E-state index in [1.807, 2.05) is 12.1 Å². The van der Waals surface area contributed by atoms with Gasteiger partial charge in [-0.15, -0.1) is 12.4 Å². The smallest absolute Gasteiger partial charge is 0.227 e. The molecule has 1 amide bonds. The lowest BCUT2D eigenvalue weighted by Gasteiger charge is -2.39. The fraction of sp³-hybridized carbons (Fsp3) is 0.435. The summed E-state index contributed by atoms with van der Waals surface area (Å²) < 4.78 is 5.41. The van der Waals surface area contributed by atoms with Gasteiger partial charge in [0, 0.05) is 13.1 Å². The summed E-state index contributed by atoms with van der Waals surface area (Å²) in [6.07, 6.45) is 3.65. The Morgan fingerprint density at radius 3 is 2.53 bits per heavy atom. The second kappa shape index (κ2) is 10.2. The number of carbonyl (C=O) groups excluding carboxylic acids is 1. The normalized spacial score (nSPS) is 18.6. The van der Waals surface area contributed by atoms with Crippen molar-refractivity contribution in [2.24, 2.45) is 0 Å². The van der Waals surface area contributed by atoms with E-state index in [4.69, 9.17) is 27.9 Å². The molecule has 2 aliphatic heterocycles. The third-order valence-corrected chi connectivity index (χ3v) is 6.74. The van der Waals surface area contributed by atoms with E-state index in [2.05, 4.69) is 21.9 Å². The number of ether oxygens (including phenoxy) is 1. The van der Waals surface area contributed by atoms with Gasteiger partial charge >= 0.3 is 0 Å². The Balaban J connectivity index is 0.00000256. The molecule has 0 radical (unpaired) electrons. The van der Waals surface area contributed by atoms with Crippen LogP contribution in [0.25, 0.3) is 0 Å². The molecule has 2 heterocycles. The summed E-state index contributed by atoms with van der Waals surface area (Å²) in [7, 11) is 1.69. The molecule has 0 aliphatic carbocycles. The maximum Gasteiger partial charge on any atom is 0.227 e. The number of nitrogens with zero attached hydrogens (tertiary/aromatic N) is 2. The fourth-order valence-corrected chi connectivity index (χ4v) is 4.77. The quantitative estimate of drug-likeness (QED) is 0.604. The topological polar surface area (TPSA) is 32.8 Å². The van der Waals surface area contributed by atoms with Gasteiger partial charge in [0.15, 0.2) is 0 Å². The molecule has 0 bridgehead atoms. The monoisotopic (exact) mass is 468 g/mol. The number of halogens is 3. The number of carbonyl (C=O) groups is 1. The first-order chi connectivity index (χ1) is 14.0. The fourth-order valence-electron chi connectivity index (χ4n) is 4.45. The lowest BCUT2D eigenvalue weighted by atomic mass is 9.91. The van der Waals surface area contributed by atoms with E-state index in [0.29, 0.717) is 16.5 Å². The van der Waals surface area contributed by atoms with Crippen molar-refractivity contribution in [1.29, 1.82) is 0 Å². The largest absolute Gasteiger partial charge is 0.497 e. The molecule has 7 heteroatoms. The molecule has 162 valence electrons. The molecule has 1 unspecified atom stereocenters. The van der Waals surface area contributed by atoms with Crippen molar-refractivity contribution in [3.63, 3.8) is 0 Å². The minimum absolute atomic E-state index is 0. The first kappa shape index (κ1) is 23.2. The van der Waals surface area contributed by atoms with Gasteiger partial charge in [0.2, 0.25) is 5.91 Å². The van der Waals surface area contributed by atoms with Gasteiger partial charge in [0.25, 0.3) is 0 Å². The van der Waals surface area contributed by atoms with Gasteiger partial charge in [-0.1, -0.05) is 35.3 Å². The number of benzene rings is 2. The van der Waals surface area contributed by atoms with Gasteiger partial charge in [0.05, 0.1) is 29.6 Å². The number of likely N-dealkylation sites (tertiary alicyclic amines) is 1. The van der Waals surface area contributed by atoms with E-state index in [1.54, 1.807) is 19.2 Å². The number of methoxy groups -OCH3 is 1. The molecular weight excluding hydrogens is 443 g/mol. The van der Waals surface area contributed by atoms with Crippen LogP contribution in [0.3, 0.4) is 0 Å². The van der Waals surface area contributed by atoms with Crippen LogP contribution in [0.4, 0.5) is 0 Å². The maximum atomic E-state index is 13.3. The molecule has 1 saturated heterocycles. The third kappa shape index (κ3) is 5.05. The average Bonchev–Trinajstić information content (AvgIpc) is 3.23. The highest BCUT2D eigenvalue weighted by Gasteiger charge is 2.33. The molecule has 0 aromatic heterocycles. The Kier molecular flexibility index (Phi) is 7.92. The van der Waals surface area contributed by atoms with Gasteiger partial charge in [-0.25, -0.2) is 0 Å². The molecule has 30 heavy (non-hydrogen) atoms. The van der Waals surface area contributed by atoms with Crippen molar-refractivity contribution in [3.8, 4) is 5.75 Å². The summed E-state index contributed by atoms with van der Waals surface area (Å²) >= 11 is 12.2. The molecule has 0 spiro atoms. The Morgan fingerprint density at radius 1 is 1.07 bits per heavy atom. The summed E-state index contributed by atoms with van der Waals surface area (Å²) in [5.74, 6) is 1.01. The number of hydrogen-bond acceptors (Lipinski definition) is 3.